The summed E-state index contributed by atoms with van der Waals surface area (Å²) in [7, 11) is -7.89. The van der Waals surface area contributed by atoms with Crippen molar-refractivity contribution in [1.29, 1.82) is 0 Å². The molecule has 0 bridgehead atoms. The lowest BCUT2D eigenvalue weighted by Gasteiger charge is -2.31. The molecule has 40 heavy (non-hydrogen) atoms. The molecule has 0 N–H and O–H groups in total. The van der Waals surface area contributed by atoms with Gasteiger partial charge < -0.3 is 4.74 Å². The number of hydrogen-bond acceptors (Lipinski definition) is 6. The zero-order valence-electron chi connectivity index (χ0n) is 18.1. The van der Waals surface area contributed by atoms with Gasteiger partial charge in [-0.3, -0.25) is 19.1 Å². The fraction of sp³-hybridized carbons (Fsp3) is 0.562. The average Bonchev–Trinajstić information content (AvgIpc) is 2.80. The van der Waals surface area contributed by atoms with Crippen LogP contribution in [0.3, 0.4) is 0 Å². The predicted molar refractivity (Wildman–Crippen MR) is 98.5 cm³/mol. The van der Waals surface area contributed by atoms with Crippen LogP contribution in [-0.4, -0.2) is 73.2 Å². The van der Waals surface area contributed by atoms with Crippen molar-refractivity contribution in [3.63, 3.8) is 0 Å². The first-order valence-corrected chi connectivity index (χ1v) is 11.6. The molecule has 1 aromatic rings. The highest BCUT2D eigenvalue weighted by molar-refractivity contribution is 7.86. The van der Waals surface area contributed by atoms with E-state index in [0.717, 1.165) is 0 Å². The zero-order chi connectivity index (χ0) is 31.9. The van der Waals surface area contributed by atoms with E-state index in [4.69, 9.17) is 0 Å². The molecule has 0 aliphatic rings. The Balaban J connectivity index is 3.20. The second-order valence-electron chi connectivity index (χ2n) is 7.10. The number of alkyl halides is 15. The van der Waals surface area contributed by atoms with Crippen LogP contribution in [0.4, 0.5) is 71.5 Å². The predicted octanol–water partition coefficient (Wildman–Crippen LogP) is 5.31. The third-order valence-electron chi connectivity index (χ3n) is 4.36. The molecule has 0 aliphatic carbocycles. The van der Waals surface area contributed by atoms with Crippen molar-refractivity contribution in [2.45, 2.75) is 51.3 Å². The van der Waals surface area contributed by atoms with Crippen LogP contribution in [0.25, 0.3) is 0 Å². The number of benzene rings is 1. The van der Waals surface area contributed by atoms with Gasteiger partial charge in [0.15, 0.2) is 6.61 Å². The van der Waals surface area contributed by atoms with E-state index in [9.17, 15) is 89.2 Å². The lowest BCUT2D eigenvalue weighted by molar-refractivity contribution is -0.388. The number of halogens is 15. The van der Waals surface area contributed by atoms with Crippen molar-refractivity contribution in [1.82, 2.24) is 0 Å². The maximum atomic E-state index is 13.7. The van der Waals surface area contributed by atoms with Gasteiger partial charge in [-0.05, 0) is 12.1 Å². The summed E-state index contributed by atoms with van der Waals surface area (Å²) in [4.78, 5) is 18.0. The summed E-state index contributed by atoms with van der Waals surface area (Å²) in [6.45, 7) is -3.01. The molecule has 2 atom stereocenters. The molecule has 0 amide bonds. The van der Waals surface area contributed by atoms with Gasteiger partial charge in [0.05, 0.1) is 20.6 Å². The average molecular weight is 659 g/mol. The molecule has 0 saturated heterocycles. The van der Waals surface area contributed by atoms with E-state index in [2.05, 4.69) is 4.74 Å². The van der Waals surface area contributed by atoms with Gasteiger partial charge in [-0.1, -0.05) is 0 Å². The fourth-order valence-electron chi connectivity index (χ4n) is 2.25. The summed E-state index contributed by atoms with van der Waals surface area (Å²) >= 11 is 0. The van der Waals surface area contributed by atoms with Crippen LogP contribution in [0, 0.1) is 10.1 Å². The van der Waals surface area contributed by atoms with Crippen LogP contribution in [0.15, 0.2) is 28.0 Å². The largest absolute Gasteiger partial charge is 0.461 e. The summed E-state index contributed by atoms with van der Waals surface area (Å²) in [5.41, 5.74) is -1.73. The highest BCUT2D eigenvalue weighted by Gasteiger charge is 2.76. The van der Waals surface area contributed by atoms with E-state index in [1.165, 1.54) is 0 Å². The molecule has 2 unspecified atom stereocenters. The Morgan fingerprint density at radius 1 is 0.900 bits per heavy atom. The van der Waals surface area contributed by atoms with Crippen molar-refractivity contribution in [2.24, 2.45) is 0 Å². The summed E-state index contributed by atoms with van der Waals surface area (Å²) in [6.07, 6.45) is -12.3. The van der Waals surface area contributed by atoms with Gasteiger partial charge in [0.2, 0.25) is 0 Å². The molecule has 1 aromatic carbocycles. The highest BCUT2D eigenvalue weighted by Crippen LogP contribution is 2.50. The fourth-order valence-corrected chi connectivity index (χ4v) is 4.34. The van der Waals surface area contributed by atoms with Crippen molar-refractivity contribution in [2.75, 3.05) is 12.4 Å². The Bertz CT molecular complexity index is 1190. The number of ether oxygens (including phenoxy) is 1. The van der Waals surface area contributed by atoms with Crippen molar-refractivity contribution >= 4 is 33.3 Å². The molecule has 0 spiro atoms. The summed E-state index contributed by atoms with van der Waals surface area (Å²) < 4.78 is 221. The Labute approximate surface area is 214 Å². The Morgan fingerprint density at radius 2 is 1.40 bits per heavy atom. The van der Waals surface area contributed by atoms with E-state index in [0.29, 0.717) is 0 Å². The first-order chi connectivity index (χ1) is 17.7. The van der Waals surface area contributed by atoms with Crippen molar-refractivity contribution in [3.8, 4) is 0 Å². The topological polar surface area (TPSA) is 104 Å². The Hall–Kier alpha value is -2.66. The van der Waals surface area contributed by atoms with Crippen LogP contribution in [0.1, 0.15) is 0 Å². The minimum Gasteiger partial charge on any atom is -0.458 e. The summed E-state index contributed by atoms with van der Waals surface area (Å²) in [5.74, 6) is -30.6. The van der Waals surface area contributed by atoms with Crippen LogP contribution < -0.4 is 0 Å². The SMILES string of the molecule is O=C(CS(=O)c1ccc(S(=O)C(F)(F)C(F)(F)C(F)(F)F)cc1[N+](=O)[O-])OCC(F)(F)C(F)(F)C(F)(F)C(F)F. The van der Waals surface area contributed by atoms with Gasteiger partial charge in [0.1, 0.15) is 21.4 Å². The molecule has 24 heteroatoms. The van der Waals surface area contributed by atoms with Crippen molar-refractivity contribution < 1.29 is 88.7 Å². The smallest absolute Gasteiger partial charge is 0.458 e. The first-order valence-electron chi connectivity index (χ1n) is 9.15. The number of nitro groups is 1. The molecular formula is C16H8F15NO6S2. The van der Waals surface area contributed by atoms with Crippen LogP contribution in [-0.2, 0) is 31.1 Å². The van der Waals surface area contributed by atoms with E-state index in [1.54, 1.807) is 0 Å². The number of hydrogen-bond donors (Lipinski definition) is 0. The maximum absolute atomic E-state index is 13.7. The number of nitro benzene ring substituents is 1. The third-order valence-corrected chi connectivity index (χ3v) is 7.09. The monoisotopic (exact) mass is 659 g/mol. The van der Waals surface area contributed by atoms with Gasteiger partial charge >= 0.3 is 47.5 Å². The van der Waals surface area contributed by atoms with Gasteiger partial charge in [-0.25, -0.2) is 13.0 Å². The minimum absolute atomic E-state index is 0.0385. The van der Waals surface area contributed by atoms with Gasteiger partial charge in [-0.15, -0.1) is 0 Å². The van der Waals surface area contributed by atoms with Crippen LogP contribution in [0.5, 0.6) is 0 Å². The summed E-state index contributed by atoms with van der Waals surface area (Å²) in [5, 5.41) is 4.72. The van der Waals surface area contributed by atoms with E-state index in [1.807, 2.05) is 0 Å². The molecule has 0 radical (unpaired) electrons. The molecule has 0 heterocycles. The first kappa shape index (κ1) is 35.4. The van der Waals surface area contributed by atoms with E-state index < -0.39 is 102 Å². The number of nitrogens with zero attached hydrogens (tertiary/aromatic N) is 1. The third kappa shape index (κ3) is 6.46. The molecule has 0 saturated carbocycles. The van der Waals surface area contributed by atoms with Gasteiger partial charge in [-0.2, -0.15) is 57.1 Å². The number of rotatable bonds is 12. The normalized spacial score (nSPS) is 15.6. The summed E-state index contributed by atoms with van der Waals surface area (Å²) in [6, 6.07) is -0.318. The number of carbonyl (C=O) groups excluding carboxylic acids is 1. The minimum atomic E-state index is -6.95. The molecule has 0 fully saturated rings. The lowest BCUT2D eigenvalue weighted by Crippen LogP contribution is -2.59. The second kappa shape index (κ2) is 11.3. The van der Waals surface area contributed by atoms with Crippen LogP contribution >= 0.6 is 0 Å². The quantitative estimate of drug-likeness (QED) is 0.130. The second-order valence-corrected chi connectivity index (χ2v) is 10.0. The number of esters is 1. The molecular weight excluding hydrogens is 651 g/mol. The molecule has 1 rings (SSSR count). The Kier molecular flexibility index (Phi) is 10.0. The van der Waals surface area contributed by atoms with E-state index in [-0.39, 0.29) is 18.2 Å². The van der Waals surface area contributed by atoms with Crippen LogP contribution in [0.2, 0.25) is 0 Å². The zero-order valence-corrected chi connectivity index (χ0v) is 19.7. The van der Waals surface area contributed by atoms with Gasteiger partial charge in [0.25, 0.3) is 5.69 Å². The molecule has 0 aliphatic heterocycles. The van der Waals surface area contributed by atoms with E-state index >= 15 is 0 Å². The Morgan fingerprint density at radius 3 is 1.82 bits per heavy atom. The number of carbonyl (C=O) groups is 1. The van der Waals surface area contributed by atoms with Gasteiger partial charge in [0, 0.05) is 6.07 Å². The standard InChI is InChI=1S/C16H8F15NO6S2/c17-10(18)12(21,22)13(23,24)11(19,20)5-38-9(33)4-39(36)8-2-1-6(3-7(8)32(34)35)40(37)16(30,31)14(25,26)15(27,28)29/h1-3,10H,4-5H2. The molecule has 230 valence electrons. The molecule has 7 nitrogen and oxygen atoms in total. The maximum Gasteiger partial charge on any atom is 0.461 e. The lowest BCUT2D eigenvalue weighted by atomic mass is 10.1. The van der Waals surface area contributed by atoms with Crippen molar-refractivity contribution in [3.05, 3.63) is 28.3 Å². The highest BCUT2D eigenvalue weighted by atomic mass is 32.2. The molecule has 0 aromatic heterocycles.